The normalized spacial score (nSPS) is 11.0. The molecule has 0 unspecified atom stereocenters. The zero-order valence-corrected chi connectivity index (χ0v) is 13.8. The van der Waals surface area contributed by atoms with Crippen LogP contribution in [0.15, 0.2) is 24.3 Å². The van der Waals surface area contributed by atoms with E-state index in [0.717, 1.165) is 34.8 Å². The molecule has 0 aliphatic carbocycles. The summed E-state index contributed by atoms with van der Waals surface area (Å²) in [6.45, 7) is 1.87. The average molecular weight is 332 g/mol. The Hall–Kier alpha value is -1.86. The van der Waals surface area contributed by atoms with Gasteiger partial charge in [0.05, 0.1) is 15.2 Å². The topological polar surface area (TPSA) is 67.8 Å². The molecule has 0 atom stereocenters. The molecule has 1 aromatic carbocycles. The second-order valence-corrected chi connectivity index (χ2v) is 7.25. The summed E-state index contributed by atoms with van der Waals surface area (Å²) in [7, 11) is 0. The molecule has 1 N–H and O–H groups in total. The zero-order valence-electron chi connectivity index (χ0n) is 12.2. The SMILES string of the molecule is Cc1nnc(NC(=O)CCCCc2nc3ccccc3s2)s1. The first-order chi connectivity index (χ1) is 10.7. The van der Waals surface area contributed by atoms with Crippen LogP contribution in [0.2, 0.25) is 0 Å². The second kappa shape index (κ2) is 6.93. The largest absolute Gasteiger partial charge is 0.301 e. The number of carbonyl (C=O) groups excluding carboxylic acids is 1. The highest BCUT2D eigenvalue weighted by atomic mass is 32.1. The highest BCUT2D eigenvalue weighted by Crippen LogP contribution is 2.23. The number of hydrogen-bond acceptors (Lipinski definition) is 6. The van der Waals surface area contributed by atoms with Crippen molar-refractivity contribution in [3.05, 3.63) is 34.3 Å². The number of benzene rings is 1. The van der Waals surface area contributed by atoms with Crippen molar-refractivity contribution in [3.63, 3.8) is 0 Å². The average Bonchev–Trinajstić information content (AvgIpc) is 3.09. The summed E-state index contributed by atoms with van der Waals surface area (Å²) in [5.41, 5.74) is 1.06. The lowest BCUT2D eigenvalue weighted by atomic mass is 10.2. The lowest BCUT2D eigenvalue weighted by molar-refractivity contribution is -0.116. The van der Waals surface area contributed by atoms with Crippen molar-refractivity contribution in [3.8, 4) is 0 Å². The molecule has 0 saturated carbocycles. The van der Waals surface area contributed by atoms with Gasteiger partial charge in [0.15, 0.2) is 0 Å². The number of amides is 1. The molecule has 3 aromatic rings. The number of nitrogens with one attached hydrogen (secondary N) is 1. The van der Waals surface area contributed by atoms with Gasteiger partial charge >= 0.3 is 0 Å². The number of carbonyl (C=O) groups is 1. The first-order valence-electron chi connectivity index (χ1n) is 7.15. The number of hydrogen-bond donors (Lipinski definition) is 1. The van der Waals surface area contributed by atoms with Gasteiger partial charge in [-0.05, 0) is 38.3 Å². The fraction of sp³-hybridized carbons (Fsp3) is 0.333. The maximum atomic E-state index is 11.8. The predicted octanol–water partition coefficient (Wildman–Crippen LogP) is 3.81. The minimum atomic E-state index is 0.000417. The van der Waals surface area contributed by atoms with Crippen LogP contribution in [0.4, 0.5) is 5.13 Å². The molecule has 5 nitrogen and oxygen atoms in total. The number of anilines is 1. The van der Waals surface area contributed by atoms with Crippen LogP contribution >= 0.6 is 22.7 Å². The Bertz CT molecular complexity index is 748. The van der Waals surface area contributed by atoms with Crippen LogP contribution < -0.4 is 5.32 Å². The third-order valence-electron chi connectivity index (χ3n) is 3.16. The van der Waals surface area contributed by atoms with E-state index in [1.54, 1.807) is 11.3 Å². The van der Waals surface area contributed by atoms with Crippen molar-refractivity contribution in [2.45, 2.75) is 32.6 Å². The molecule has 22 heavy (non-hydrogen) atoms. The Balaban J connectivity index is 1.42. The monoisotopic (exact) mass is 332 g/mol. The summed E-state index contributed by atoms with van der Waals surface area (Å²) in [6.07, 6.45) is 3.23. The fourth-order valence-electron chi connectivity index (χ4n) is 2.12. The van der Waals surface area contributed by atoms with Crippen molar-refractivity contribution in [1.82, 2.24) is 15.2 Å². The molecule has 0 aliphatic heterocycles. The van der Waals surface area contributed by atoms with Gasteiger partial charge in [0.1, 0.15) is 5.01 Å². The van der Waals surface area contributed by atoms with Gasteiger partial charge in [-0.1, -0.05) is 23.5 Å². The quantitative estimate of drug-likeness (QED) is 0.697. The third kappa shape index (κ3) is 3.86. The van der Waals surface area contributed by atoms with Gasteiger partial charge in [0.25, 0.3) is 0 Å². The van der Waals surface area contributed by atoms with Crippen LogP contribution in [0.5, 0.6) is 0 Å². The zero-order chi connectivity index (χ0) is 15.4. The van der Waals surface area contributed by atoms with Crippen molar-refractivity contribution in [1.29, 1.82) is 0 Å². The van der Waals surface area contributed by atoms with Gasteiger partial charge in [-0.3, -0.25) is 4.79 Å². The maximum absolute atomic E-state index is 11.8. The molecule has 2 heterocycles. The first-order valence-corrected chi connectivity index (χ1v) is 8.78. The van der Waals surface area contributed by atoms with Crippen LogP contribution in [-0.4, -0.2) is 21.1 Å². The van der Waals surface area contributed by atoms with E-state index in [1.165, 1.54) is 16.0 Å². The Morgan fingerprint density at radius 3 is 2.82 bits per heavy atom. The Morgan fingerprint density at radius 2 is 2.05 bits per heavy atom. The summed E-state index contributed by atoms with van der Waals surface area (Å²) in [5, 5.41) is 13.1. The molecule has 7 heteroatoms. The molecule has 0 saturated heterocycles. The molecule has 0 bridgehead atoms. The number of nitrogens with zero attached hydrogens (tertiary/aromatic N) is 3. The van der Waals surface area contributed by atoms with E-state index in [-0.39, 0.29) is 5.91 Å². The Labute approximate surface area is 136 Å². The molecule has 0 radical (unpaired) electrons. The van der Waals surface area contributed by atoms with E-state index < -0.39 is 0 Å². The third-order valence-corrected chi connectivity index (χ3v) is 5.01. The van der Waals surface area contributed by atoms with E-state index in [4.69, 9.17) is 0 Å². The molecule has 0 spiro atoms. The summed E-state index contributed by atoms with van der Waals surface area (Å²) in [4.78, 5) is 16.4. The standard InChI is InChI=1S/C15H16N4OS2/c1-10-18-19-15(21-10)17-13(20)8-4-5-9-14-16-11-6-2-3-7-12(11)22-14/h2-3,6-7H,4-5,8-9H2,1H3,(H,17,19,20). The number of fused-ring (bicyclic) bond motifs is 1. The molecule has 1 amide bonds. The van der Waals surface area contributed by atoms with Gasteiger partial charge in [-0.15, -0.1) is 21.5 Å². The smallest absolute Gasteiger partial charge is 0.226 e. The van der Waals surface area contributed by atoms with Crippen molar-refractivity contribution in [2.24, 2.45) is 0 Å². The van der Waals surface area contributed by atoms with Gasteiger partial charge < -0.3 is 5.32 Å². The van der Waals surface area contributed by atoms with Gasteiger partial charge in [0.2, 0.25) is 11.0 Å². The van der Waals surface area contributed by atoms with Crippen LogP contribution in [-0.2, 0) is 11.2 Å². The van der Waals surface area contributed by atoms with E-state index >= 15 is 0 Å². The summed E-state index contributed by atoms with van der Waals surface area (Å²) in [6, 6.07) is 8.16. The van der Waals surface area contributed by atoms with Crippen LogP contribution in [0.1, 0.15) is 29.3 Å². The lowest BCUT2D eigenvalue weighted by Gasteiger charge is -2.00. The highest BCUT2D eigenvalue weighted by Gasteiger charge is 2.07. The van der Waals surface area contributed by atoms with E-state index in [2.05, 4.69) is 26.6 Å². The number of thiazole rings is 1. The van der Waals surface area contributed by atoms with Gasteiger partial charge in [0, 0.05) is 6.42 Å². The number of unbranched alkanes of at least 4 members (excludes halogenated alkanes) is 1. The molecule has 0 fully saturated rings. The fourth-order valence-corrected chi connectivity index (χ4v) is 3.73. The van der Waals surface area contributed by atoms with Crippen LogP contribution in [0.25, 0.3) is 10.2 Å². The minimum Gasteiger partial charge on any atom is -0.301 e. The van der Waals surface area contributed by atoms with Crippen LogP contribution in [0, 0.1) is 6.92 Å². The van der Waals surface area contributed by atoms with E-state index in [0.29, 0.717) is 11.6 Å². The highest BCUT2D eigenvalue weighted by molar-refractivity contribution is 7.18. The summed E-state index contributed by atoms with van der Waals surface area (Å²) >= 11 is 3.13. The van der Waals surface area contributed by atoms with E-state index in [9.17, 15) is 4.79 Å². The number of aryl methyl sites for hydroxylation is 2. The summed E-state index contributed by atoms with van der Waals surface area (Å²) in [5.74, 6) is 0.000417. The summed E-state index contributed by atoms with van der Waals surface area (Å²) < 4.78 is 1.22. The molecule has 3 rings (SSSR count). The molecular formula is C15H16N4OS2. The molecular weight excluding hydrogens is 316 g/mol. The van der Waals surface area contributed by atoms with Crippen molar-refractivity contribution < 1.29 is 4.79 Å². The van der Waals surface area contributed by atoms with Crippen molar-refractivity contribution >= 4 is 43.9 Å². The Morgan fingerprint density at radius 1 is 1.18 bits per heavy atom. The van der Waals surface area contributed by atoms with Gasteiger partial charge in [-0.2, -0.15) is 0 Å². The molecule has 114 valence electrons. The predicted molar refractivity (Wildman–Crippen MR) is 90.5 cm³/mol. The second-order valence-electron chi connectivity index (χ2n) is 4.96. The van der Waals surface area contributed by atoms with E-state index in [1.807, 2.05) is 25.1 Å². The minimum absolute atomic E-state index is 0.000417. The number of rotatable bonds is 6. The first kappa shape index (κ1) is 15.1. The Kier molecular flexibility index (Phi) is 4.74. The number of aromatic nitrogens is 3. The van der Waals surface area contributed by atoms with Crippen LogP contribution in [0.3, 0.4) is 0 Å². The number of para-hydroxylation sites is 1. The van der Waals surface area contributed by atoms with Gasteiger partial charge in [-0.25, -0.2) is 4.98 Å². The van der Waals surface area contributed by atoms with Crippen molar-refractivity contribution in [2.75, 3.05) is 5.32 Å². The molecule has 2 aromatic heterocycles. The maximum Gasteiger partial charge on any atom is 0.226 e. The lowest BCUT2D eigenvalue weighted by Crippen LogP contribution is -2.10. The molecule has 0 aliphatic rings.